The number of hydrogen-bond donors (Lipinski definition) is 1. The number of nitrogens with one attached hydrogen (secondary N) is 1. The molecule has 3 heterocycles. The number of hydrogen-bond acceptors (Lipinski definition) is 4. The van der Waals surface area contributed by atoms with Crippen LogP contribution in [-0.2, 0) is 26.8 Å². The third-order valence-electron chi connectivity index (χ3n) is 10.0. The monoisotopic (exact) mass is 613 g/mol. The number of likely N-dealkylation sites (tertiary alicyclic amines) is 1. The molecule has 2 aromatic rings. The van der Waals surface area contributed by atoms with E-state index in [4.69, 9.17) is 0 Å². The number of halogens is 1. The zero-order chi connectivity index (χ0) is 27.2. The maximum absolute atomic E-state index is 14.7. The van der Waals surface area contributed by atoms with Gasteiger partial charge in [-0.25, -0.2) is 8.42 Å². The number of fused-ring (bicyclic) bond motifs is 2. The van der Waals surface area contributed by atoms with Gasteiger partial charge in [-0.15, -0.1) is 0 Å². The summed E-state index contributed by atoms with van der Waals surface area (Å²) < 4.78 is 28.2. The standard InChI is InChI=1S/C31H40BrN3O3S/c1-39(37,38)34-19-25-16-26(32)12-13-27(25)31(21-34)20-33-18-28(31)30(36)35-15-14-24(22-8-4-2-5-9-22)17-29(35)23-10-6-3-7-11-23/h2,4-5,8-9,12-13,16,23-24,28-29,33H,3,6-7,10-11,14-15,17-21H2,1H3/t24-,28+,29+,31-/m1/s1. The third-order valence-corrected chi connectivity index (χ3v) is 11.7. The predicted octanol–water partition coefficient (Wildman–Crippen LogP) is 5.04. The SMILES string of the molecule is CS(=O)(=O)N1Cc2cc(Br)ccc2[C@@]2(CNC[C@H]2C(=O)N2CC[C@@H](c3ccccc3)C[C@H]2C2CCCCC2)C1. The van der Waals surface area contributed by atoms with Crippen molar-refractivity contribution >= 4 is 31.9 Å². The van der Waals surface area contributed by atoms with E-state index < -0.39 is 15.4 Å². The number of nitrogens with zero attached hydrogens (tertiary/aromatic N) is 2. The number of sulfonamides is 1. The Morgan fingerprint density at radius 3 is 2.56 bits per heavy atom. The maximum atomic E-state index is 14.7. The van der Waals surface area contributed by atoms with E-state index in [0.717, 1.165) is 35.0 Å². The van der Waals surface area contributed by atoms with Crippen molar-refractivity contribution in [1.29, 1.82) is 0 Å². The molecule has 210 valence electrons. The van der Waals surface area contributed by atoms with Gasteiger partial charge in [0, 0.05) is 48.7 Å². The van der Waals surface area contributed by atoms with Crippen LogP contribution in [0.25, 0.3) is 0 Å². The molecular weight excluding hydrogens is 574 g/mol. The van der Waals surface area contributed by atoms with Gasteiger partial charge in [0.1, 0.15) is 0 Å². The number of amides is 1. The van der Waals surface area contributed by atoms with Gasteiger partial charge in [-0.1, -0.05) is 71.6 Å². The number of carbonyl (C=O) groups is 1. The molecule has 4 atom stereocenters. The lowest BCUT2D eigenvalue weighted by Crippen LogP contribution is -2.58. The first kappa shape index (κ1) is 27.4. The second-order valence-electron chi connectivity index (χ2n) is 12.3. The zero-order valence-corrected chi connectivity index (χ0v) is 25.2. The fraction of sp³-hybridized carbons (Fsp3) is 0.581. The average Bonchev–Trinajstić information content (AvgIpc) is 3.36. The molecule has 1 saturated carbocycles. The van der Waals surface area contributed by atoms with Crippen LogP contribution in [0.2, 0.25) is 0 Å². The number of benzene rings is 2. The van der Waals surface area contributed by atoms with Crippen LogP contribution in [-0.4, -0.2) is 62.0 Å². The van der Waals surface area contributed by atoms with Gasteiger partial charge in [-0.05, 0) is 66.3 Å². The summed E-state index contributed by atoms with van der Waals surface area (Å²) in [6.45, 7) is 2.66. The molecule has 2 aromatic carbocycles. The lowest BCUT2D eigenvalue weighted by atomic mass is 9.67. The van der Waals surface area contributed by atoms with Crippen LogP contribution in [0.5, 0.6) is 0 Å². The lowest BCUT2D eigenvalue weighted by Gasteiger charge is -2.49. The zero-order valence-electron chi connectivity index (χ0n) is 22.8. The summed E-state index contributed by atoms with van der Waals surface area (Å²) in [5, 5.41) is 3.53. The minimum absolute atomic E-state index is 0.214. The molecule has 0 bridgehead atoms. The average molecular weight is 615 g/mol. The van der Waals surface area contributed by atoms with E-state index in [9.17, 15) is 13.2 Å². The van der Waals surface area contributed by atoms with Crippen molar-refractivity contribution in [2.45, 2.75) is 68.9 Å². The Kier molecular flexibility index (Phi) is 7.68. The van der Waals surface area contributed by atoms with Crippen LogP contribution in [0.1, 0.15) is 67.6 Å². The van der Waals surface area contributed by atoms with E-state index in [1.807, 2.05) is 12.1 Å². The largest absolute Gasteiger partial charge is 0.339 e. The van der Waals surface area contributed by atoms with Crippen LogP contribution in [0.3, 0.4) is 0 Å². The first-order chi connectivity index (χ1) is 18.8. The Hall–Kier alpha value is -1.74. The van der Waals surface area contributed by atoms with Gasteiger partial charge >= 0.3 is 0 Å². The molecule has 0 aromatic heterocycles. The van der Waals surface area contributed by atoms with Crippen LogP contribution in [0.4, 0.5) is 0 Å². The minimum Gasteiger partial charge on any atom is -0.339 e. The van der Waals surface area contributed by atoms with Crippen LogP contribution >= 0.6 is 15.9 Å². The number of rotatable bonds is 4. The van der Waals surface area contributed by atoms with Gasteiger partial charge in [0.15, 0.2) is 0 Å². The van der Waals surface area contributed by atoms with Gasteiger partial charge in [-0.3, -0.25) is 4.79 Å². The van der Waals surface area contributed by atoms with E-state index in [1.165, 1.54) is 43.9 Å². The fourth-order valence-electron chi connectivity index (χ4n) is 8.05. The normalized spacial score (nSPS) is 30.4. The maximum Gasteiger partial charge on any atom is 0.228 e. The highest BCUT2D eigenvalue weighted by molar-refractivity contribution is 9.10. The molecule has 3 aliphatic heterocycles. The highest BCUT2D eigenvalue weighted by atomic mass is 79.9. The van der Waals surface area contributed by atoms with Crippen molar-refractivity contribution < 1.29 is 13.2 Å². The summed E-state index contributed by atoms with van der Waals surface area (Å²) in [6.07, 6.45) is 9.47. The summed E-state index contributed by atoms with van der Waals surface area (Å²) in [4.78, 5) is 17.0. The number of carbonyl (C=O) groups excluding carboxylic acids is 1. The van der Waals surface area contributed by atoms with Crippen LogP contribution in [0.15, 0.2) is 53.0 Å². The Bertz CT molecular complexity index is 1310. The van der Waals surface area contributed by atoms with Gasteiger partial charge in [0.05, 0.1) is 12.2 Å². The minimum atomic E-state index is -3.42. The topological polar surface area (TPSA) is 69.7 Å². The van der Waals surface area contributed by atoms with E-state index in [0.29, 0.717) is 38.0 Å². The summed E-state index contributed by atoms with van der Waals surface area (Å²) in [5.74, 6) is 0.945. The van der Waals surface area contributed by atoms with Gasteiger partial charge in [-0.2, -0.15) is 4.31 Å². The molecule has 3 fully saturated rings. The van der Waals surface area contributed by atoms with Gasteiger partial charge in [0.2, 0.25) is 15.9 Å². The smallest absolute Gasteiger partial charge is 0.228 e. The van der Waals surface area contributed by atoms with E-state index in [-0.39, 0.29) is 17.9 Å². The predicted molar refractivity (Wildman–Crippen MR) is 158 cm³/mol. The molecule has 6 nitrogen and oxygen atoms in total. The fourth-order valence-corrected chi connectivity index (χ4v) is 9.30. The van der Waals surface area contributed by atoms with Crippen molar-refractivity contribution in [3.05, 3.63) is 69.7 Å². The van der Waals surface area contributed by atoms with Crippen molar-refractivity contribution in [2.75, 3.05) is 32.4 Å². The molecule has 1 amide bonds. The van der Waals surface area contributed by atoms with Crippen LogP contribution < -0.4 is 5.32 Å². The van der Waals surface area contributed by atoms with Crippen molar-refractivity contribution in [3.8, 4) is 0 Å². The molecule has 0 radical (unpaired) electrons. The Labute approximate surface area is 241 Å². The van der Waals surface area contributed by atoms with Crippen molar-refractivity contribution in [3.63, 3.8) is 0 Å². The first-order valence-corrected chi connectivity index (χ1v) is 17.2. The van der Waals surface area contributed by atoms with Gasteiger partial charge in [0.25, 0.3) is 0 Å². The summed E-state index contributed by atoms with van der Waals surface area (Å²) in [7, 11) is -3.42. The van der Waals surface area contributed by atoms with Crippen LogP contribution in [0, 0.1) is 11.8 Å². The molecule has 2 saturated heterocycles. The Balaban J connectivity index is 1.35. The second kappa shape index (κ2) is 10.9. The number of piperidine rings is 1. The molecule has 4 aliphatic rings. The summed E-state index contributed by atoms with van der Waals surface area (Å²) in [5.41, 5.74) is 2.94. The molecule has 39 heavy (non-hydrogen) atoms. The Morgan fingerprint density at radius 2 is 1.82 bits per heavy atom. The molecular formula is C31H40BrN3O3S. The molecule has 6 rings (SSSR count). The molecule has 0 unspecified atom stereocenters. The molecule has 1 N–H and O–H groups in total. The quantitative estimate of drug-likeness (QED) is 0.525. The van der Waals surface area contributed by atoms with Crippen molar-refractivity contribution in [2.24, 2.45) is 11.8 Å². The van der Waals surface area contributed by atoms with E-state index >= 15 is 0 Å². The molecule has 1 spiro atoms. The Morgan fingerprint density at radius 1 is 1.05 bits per heavy atom. The molecule has 1 aliphatic carbocycles. The lowest BCUT2D eigenvalue weighted by molar-refractivity contribution is -0.143. The summed E-state index contributed by atoms with van der Waals surface area (Å²) >= 11 is 3.58. The van der Waals surface area contributed by atoms with E-state index in [1.54, 1.807) is 4.31 Å². The molecule has 8 heteroatoms. The van der Waals surface area contributed by atoms with E-state index in [2.05, 4.69) is 62.5 Å². The van der Waals surface area contributed by atoms with Crippen molar-refractivity contribution in [1.82, 2.24) is 14.5 Å². The first-order valence-electron chi connectivity index (χ1n) is 14.6. The third kappa shape index (κ3) is 5.22. The highest BCUT2D eigenvalue weighted by Crippen LogP contribution is 2.46. The second-order valence-corrected chi connectivity index (χ2v) is 15.2. The van der Waals surface area contributed by atoms with Gasteiger partial charge < -0.3 is 10.2 Å². The highest BCUT2D eigenvalue weighted by Gasteiger charge is 2.55. The summed E-state index contributed by atoms with van der Waals surface area (Å²) in [6, 6.07) is 17.2.